The first kappa shape index (κ1) is 18.4. The Morgan fingerprint density at radius 1 is 1.42 bits per heavy atom. The average molecular weight is 398 g/mol. The maximum absolute atomic E-state index is 11.8. The van der Waals surface area contributed by atoms with Gasteiger partial charge in [-0.2, -0.15) is 0 Å². The van der Waals surface area contributed by atoms with Crippen molar-refractivity contribution in [3.05, 3.63) is 41.3 Å². The van der Waals surface area contributed by atoms with Gasteiger partial charge in [-0.05, 0) is 24.6 Å². The van der Waals surface area contributed by atoms with E-state index in [1.807, 2.05) is 6.07 Å². The summed E-state index contributed by atoms with van der Waals surface area (Å²) >= 11 is 6.05. The van der Waals surface area contributed by atoms with Gasteiger partial charge in [0.15, 0.2) is 21.6 Å². The predicted molar refractivity (Wildman–Crippen MR) is 95.4 cm³/mol. The van der Waals surface area contributed by atoms with E-state index in [4.69, 9.17) is 16.3 Å². The molecule has 1 saturated heterocycles. The fourth-order valence-corrected chi connectivity index (χ4v) is 4.56. The highest BCUT2D eigenvalue weighted by molar-refractivity contribution is 7.91. The number of sulfone groups is 1. The van der Waals surface area contributed by atoms with Crippen LogP contribution in [0.25, 0.3) is 11.7 Å². The first-order valence-corrected chi connectivity index (χ1v) is 10.0. The Bertz CT molecular complexity index is 983. The number of nitrogens with one attached hydrogen (secondary N) is 1. The molecule has 138 valence electrons. The number of nitrogens with zero attached hydrogens (tertiary/aromatic N) is 2. The van der Waals surface area contributed by atoms with E-state index in [0.29, 0.717) is 17.8 Å². The molecule has 8 nitrogen and oxygen atoms in total. The lowest BCUT2D eigenvalue weighted by Gasteiger charge is -2.10. The second-order valence-electron chi connectivity index (χ2n) is 5.83. The molecule has 26 heavy (non-hydrogen) atoms. The van der Waals surface area contributed by atoms with E-state index >= 15 is 0 Å². The molecule has 1 fully saturated rings. The molecule has 1 atom stereocenters. The van der Waals surface area contributed by atoms with Crippen molar-refractivity contribution in [2.24, 2.45) is 0 Å². The fourth-order valence-electron chi connectivity index (χ4n) is 2.65. The van der Waals surface area contributed by atoms with Crippen LogP contribution in [0.5, 0.6) is 0 Å². The van der Waals surface area contributed by atoms with Crippen LogP contribution in [0.15, 0.2) is 30.5 Å². The van der Waals surface area contributed by atoms with Crippen LogP contribution in [-0.2, 0) is 24.2 Å². The third-order valence-corrected chi connectivity index (χ3v) is 5.89. The molecule has 10 heteroatoms. The van der Waals surface area contributed by atoms with Crippen LogP contribution in [0.3, 0.4) is 0 Å². The molecule has 0 aromatic carbocycles. The van der Waals surface area contributed by atoms with Crippen molar-refractivity contribution in [1.29, 1.82) is 0 Å². The molecule has 2 aromatic rings. The second kappa shape index (κ2) is 7.46. The van der Waals surface area contributed by atoms with Crippen molar-refractivity contribution in [3.8, 4) is 0 Å². The highest BCUT2D eigenvalue weighted by atomic mass is 35.5. The Balaban J connectivity index is 1.53. The van der Waals surface area contributed by atoms with Gasteiger partial charge in [-0.1, -0.05) is 17.7 Å². The molecule has 1 aliphatic heterocycles. The van der Waals surface area contributed by atoms with Gasteiger partial charge in [0.1, 0.15) is 5.65 Å². The van der Waals surface area contributed by atoms with Crippen molar-refractivity contribution < 1.29 is 22.7 Å². The van der Waals surface area contributed by atoms with E-state index < -0.39 is 34.4 Å². The number of halogens is 1. The van der Waals surface area contributed by atoms with Gasteiger partial charge in [0.25, 0.3) is 5.91 Å². The van der Waals surface area contributed by atoms with Crippen molar-refractivity contribution in [2.75, 3.05) is 18.1 Å². The number of hydrogen-bond donors (Lipinski definition) is 1. The van der Waals surface area contributed by atoms with Gasteiger partial charge < -0.3 is 10.1 Å². The number of esters is 1. The van der Waals surface area contributed by atoms with Crippen LogP contribution in [-0.4, -0.2) is 53.8 Å². The Morgan fingerprint density at radius 2 is 2.23 bits per heavy atom. The molecule has 0 unspecified atom stereocenters. The molecule has 0 bridgehead atoms. The largest absolute Gasteiger partial charge is 0.452 e. The minimum atomic E-state index is -3.08. The van der Waals surface area contributed by atoms with Crippen LogP contribution in [0, 0.1) is 0 Å². The number of ether oxygens (including phenoxy) is 1. The van der Waals surface area contributed by atoms with E-state index in [9.17, 15) is 18.0 Å². The summed E-state index contributed by atoms with van der Waals surface area (Å²) < 4.78 is 29.3. The van der Waals surface area contributed by atoms with Crippen molar-refractivity contribution >= 4 is 45.0 Å². The predicted octanol–water partition coefficient (Wildman–Crippen LogP) is 0.847. The van der Waals surface area contributed by atoms with Gasteiger partial charge in [0, 0.05) is 18.3 Å². The molecule has 1 aliphatic rings. The molecule has 3 heterocycles. The van der Waals surface area contributed by atoms with Crippen LogP contribution < -0.4 is 5.32 Å². The van der Waals surface area contributed by atoms with Crippen LogP contribution >= 0.6 is 11.6 Å². The van der Waals surface area contributed by atoms with E-state index in [2.05, 4.69) is 10.3 Å². The average Bonchev–Trinajstić information content (AvgIpc) is 3.09. The summed E-state index contributed by atoms with van der Waals surface area (Å²) in [5, 5.41) is 2.77. The summed E-state index contributed by atoms with van der Waals surface area (Å²) in [5.74, 6) is -1.29. The molecule has 0 radical (unpaired) electrons. The first-order chi connectivity index (χ1) is 12.3. The lowest BCUT2D eigenvalue weighted by molar-refractivity contribution is -0.143. The summed E-state index contributed by atoms with van der Waals surface area (Å²) in [6, 6.07) is 4.96. The maximum atomic E-state index is 11.8. The topological polar surface area (TPSA) is 107 Å². The molecule has 0 aliphatic carbocycles. The Labute approximate surface area is 154 Å². The minimum absolute atomic E-state index is 0.0561. The van der Waals surface area contributed by atoms with Crippen molar-refractivity contribution in [3.63, 3.8) is 0 Å². The van der Waals surface area contributed by atoms with Gasteiger partial charge in [-0.25, -0.2) is 18.2 Å². The number of rotatable bonds is 5. The zero-order valence-corrected chi connectivity index (χ0v) is 15.2. The van der Waals surface area contributed by atoms with Crippen LogP contribution in [0.4, 0.5) is 0 Å². The summed E-state index contributed by atoms with van der Waals surface area (Å²) in [4.78, 5) is 27.7. The molecular weight excluding hydrogens is 382 g/mol. The number of pyridine rings is 1. The lowest BCUT2D eigenvalue weighted by Crippen LogP contribution is -2.38. The summed E-state index contributed by atoms with van der Waals surface area (Å²) in [6.07, 6.45) is 4.72. The lowest BCUT2D eigenvalue weighted by atomic mass is 10.2. The number of aromatic nitrogens is 2. The highest BCUT2D eigenvalue weighted by Gasteiger charge is 2.28. The number of amides is 1. The van der Waals surface area contributed by atoms with Crippen molar-refractivity contribution in [1.82, 2.24) is 14.7 Å². The quantitative estimate of drug-likeness (QED) is 0.592. The number of carbonyl (C=O) groups excluding carboxylic acids is 2. The summed E-state index contributed by atoms with van der Waals surface area (Å²) in [7, 11) is -3.08. The molecule has 3 rings (SSSR count). The summed E-state index contributed by atoms with van der Waals surface area (Å²) in [5.41, 5.74) is 1.15. The van der Waals surface area contributed by atoms with E-state index in [1.165, 1.54) is 6.08 Å². The molecule has 2 aromatic heterocycles. The molecule has 1 N–H and O–H groups in total. The zero-order chi connectivity index (χ0) is 18.7. The van der Waals surface area contributed by atoms with Gasteiger partial charge in [0.05, 0.1) is 17.2 Å². The zero-order valence-electron chi connectivity index (χ0n) is 13.6. The standard InChI is InChI=1S/C16H16ClN3O5S/c17-16-12(20-7-2-1-3-13(20)19-16)4-5-15(22)25-9-14(21)18-11-6-8-26(23,24)10-11/h1-5,7,11H,6,8-10H2,(H,18,21)/b5-4+/t11-/m0/s1. The van der Waals surface area contributed by atoms with Gasteiger partial charge in [-0.3, -0.25) is 9.20 Å². The molecule has 0 saturated carbocycles. The highest BCUT2D eigenvalue weighted by Crippen LogP contribution is 2.18. The number of carbonyl (C=O) groups is 2. The number of fused-ring (bicyclic) bond motifs is 1. The fraction of sp³-hybridized carbons (Fsp3) is 0.312. The Kier molecular flexibility index (Phi) is 5.28. The first-order valence-electron chi connectivity index (χ1n) is 7.81. The molecular formula is C16H16ClN3O5S. The maximum Gasteiger partial charge on any atom is 0.331 e. The van der Waals surface area contributed by atoms with E-state index in [1.54, 1.807) is 22.7 Å². The number of hydrogen-bond acceptors (Lipinski definition) is 6. The third kappa shape index (κ3) is 4.41. The monoisotopic (exact) mass is 397 g/mol. The summed E-state index contributed by atoms with van der Waals surface area (Å²) in [6.45, 7) is -0.486. The van der Waals surface area contributed by atoms with Crippen molar-refractivity contribution in [2.45, 2.75) is 12.5 Å². The molecule has 1 amide bonds. The van der Waals surface area contributed by atoms with Gasteiger partial charge in [0.2, 0.25) is 0 Å². The smallest absolute Gasteiger partial charge is 0.331 e. The Hall–Kier alpha value is -2.39. The van der Waals surface area contributed by atoms with E-state index in [-0.39, 0.29) is 16.7 Å². The third-order valence-electron chi connectivity index (χ3n) is 3.84. The SMILES string of the molecule is O=C(COC(=O)/C=C/c1c(Cl)nc2ccccn12)N[C@H]1CCS(=O)(=O)C1. The Morgan fingerprint density at radius 3 is 2.96 bits per heavy atom. The van der Waals surface area contributed by atoms with Crippen LogP contribution in [0.2, 0.25) is 5.15 Å². The second-order valence-corrected chi connectivity index (χ2v) is 8.41. The number of imidazole rings is 1. The van der Waals surface area contributed by atoms with E-state index in [0.717, 1.165) is 6.08 Å². The van der Waals surface area contributed by atoms with Gasteiger partial charge in [-0.15, -0.1) is 0 Å². The molecule has 0 spiro atoms. The normalized spacial score (nSPS) is 19.0. The van der Waals surface area contributed by atoms with Gasteiger partial charge >= 0.3 is 5.97 Å². The minimum Gasteiger partial charge on any atom is -0.452 e. The van der Waals surface area contributed by atoms with Crippen LogP contribution in [0.1, 0.15) is 12.1 Å².